The predicted molar refractivity (Wildman–Crippen MR) is 137 cm³/mol. The van der Waals surface area contributed by atoms with E-state index in [9.17, 15) is 23.3 Å². The Bertz CT molecular complexity index is 1360. The first kappa shape index (κ1) is 25.5. The number of hydrogen-bond acceptors (Lipinski definition) is 6. The van der Waals surface area contributed by atoms with Gasteiger partial charge in [-0.25, -0.2) is 8.42 Å². The number of hydrogen-bond donors (Lipinski definition) is 1. The molecule has 3 aromatic carbocycles. The van der Waals surface area contributed by atoms with Gasteiger partial charge in [-0.2, -0.15) is 4.31 Å². The predicted octanol–water partition coefficient (Wildman–Crippen LogP) is 3.97. The van der Waals surface area contributed by atoms with Crippen LogP contribution in [0.3, 0.4) is 0 Å². The Hall–Kier alpha value is -3.60. The van der Waals surface area contributed by atoms with Crippen LogP contribution < -0.4 is 5.32 Å². The molecule has 1 fully saturated rings. The van der Waals surface area contributed by atoms with Gasteiger partial charge in [0.2, 0.25) is 10.0 Å². The highest BCUT2D eigenvalue weighted by Gasteiger charge is 2.28. The van der Waals surface area contributed by atoms with Crippen LogP contribution in [0.5, 0.6) is 0 Å². The number of nitrogens with zero attached hydrogens (tertiary/aromatic N) is 3. The normalized spacial score (nSPS) is 14.9. The molecule has 188 valence electrons. The summed E-state index contributed by atoms with van der Waals surface area (Å²) in [6, 6.07) is 18.6. The first-order valence-electron chi connectivity index (χ1n) is 11.6. The molecule has 0 atom stereocenters. The van der Waals surface area contributed by atoms with E-state index in [1.165, 1.54) is 16.4 Å². The van der Waals surface area contributed by atoms with Crippen LogP contribution in [0.4, 0.5) is 11.4 Å². The van der Waals surface area contributed by atoms with E-state index in [0.29, 0.717) is 54.4 Å². The Morgan fingerprint density at radius 3 is 2.19 bits per heavy atom. The maximum atomic E-state index is 12.9. The summed E-state index contributed by atoms with van der Waals surface area (Å²) in [7, 11) is -3.50. The summed E-state index contributed by atoms with van der Waals surface area (Å²) in [4.78, 5) is 25.8. The SMILES string of the molecule is Cc1ccc(S(=O)(=O)N2CCN(Cc3ccc(C(=O)Nc4cccc([N+](=O)[O-])c4C)cc3)CC2)cc1. The number of sulfonamides is 1. The largest absolute Gasteiger partial charge is 0.321 e. The van der Waals surface area contributed by atoms with E-state index in [2.05, 4.69) is 10.2 Å². The number of carbonyl (C=O) groups excluding carboxylic acids is 1. The van der Waals surface area contributed by atoms with Crippen molar-refractivity contribution in [2.24, 2.45) is 0 Å². The first-order valence-corrected chi connectivity index (χ1v) is 13.0. The van der Waals surface area contributed by atoms with Crippen LogP contribution in [-0.4, -0.2) is 54.6 Å². The number of rotatable bonds is 7. The van der Waals surface area contributed by atoms with Gasteiger partial charge in [0.1, 0.15) is 0 Å². The quantitative estimate of drug-likeness (QED) is 0.382. The third-order valence-corrected chi connectivity index (χ3v) is 8.28. The average molecular weight is 509 g/mol. The number of nitrogens with one attached hydrogen (secondary N) is 1. The van der Waals surface area contributed by atoms with Gasteiger partial charge in [-0.1, -0.05) is 35.9 Å². The fraction of sp³-hybridized carbons (Fsp3) is 0.269. The first-order chi connectivity index (χ1) is 17.1. The number of amides is 1. The Morgan fingerprint density at radius 1 is 0.944 bits per heavy atom. The second-order valence-electron chi connectivity index (χ2n) is 8.85. The van der Waals surface area contributed by atoms with Crippen molar-refractivity contribution < 1.29 is 18.1 Å². The van der Waals surface area contributed by atoms with Gasteiger partial charge in [-0.15, -0.1) is 0 Å². The van der Waals surface area contributed by atoms with Crippen molar-refractivity contribution in [2.45, 2.75) is 25.3 Å². The van der Waals surface area contributed by atoms with Crippen molar-refractivity contribution in [2.75, 3.05) is 31.5 Å². The van der Waals surface area contributed by atoms with Crippen LogP contribution in [0.25, 0.3) is 0 Å². The lowest BCUT2D eigenvalue weighted by Crippen LogP contribution is -2.48. The van der Waals surface area contributed by atoms with E-state index >= 15 is 0 Å². The molecule has 1 amide bonds. The number of benzene rings is 3. The highest BCUT2D eigenvalue weighted by Crippen LogP contribution is 2.25. The van der Waals surface area contributed by atoms with Crippen molar-refractivity contribution in [3.8, 4) is 0 Å². The van der Waals surface area contributed by atoms with Crippen LogP contribution in [0, 0.1) is 24.0 Å². The van der Waals surface area contributed by atoms with Crippen molar-refractivity contribution >= 4 is 27.3 Å². The standard InChI is InChI=1S/C26H28N4O5S/c1-19-6-12-23(13-7-19)36(34,35)29-16-14-28(15-17-29)18-21-8-10-22(11-9-21)26(31)27-24-4-3-5-25(20(24)2)30(32)33/h3-13H,14-18H2,1-2H3,(H,27,31). The van der Waals surface area contributed by atoms with Gasteiger partial charge in [0, 0.05) is 44.4 Å². The molecule has 1 aliphatic rings. The van der Waals surface area contributed by atoms with E-state index < -0.39 is 14.9 Å². The van der Waals surface area contributed by atoms with Crippen molar-refractivity contribution in [3.05, 3.63) is 99.1 Å². The van der Waals surface area contributed by atoms with Gasteiger partial charge in [0.05, 0.1) is 21.1 Å². The van der Waals surface area contributed by atoms with E-state index in [4.69, 9.17) is 0 Å². The molecular formula is C26H28N4O5S. The highest BCUT2D eigenvalue weighted by atomic mass is 32.2. The maximum Gasteiger partial charge on any atom is 0.274 e. The van der Waals surface area contributed by atoms with Crippen LogP contribution in [0.15, 0.2) is 71.6 Å². The average Bonchev–Trinajstić information content (AvgIpc) is 2.86. The molecule has 0 unspecified atom stereocenters. The topological polar surface area (TPSA) is 113 Å². The fourth-order valence-electron chi connectivity index (χ4n) is 4.16. The molecule has 36 heavy (non-hydrogen) atoms. The molecule has 1 N–H and O–H groups in total. The van der Waals surface area contributed by atoms with Gasteiger partial charge in [-0.05, 0) is 49.7 Å². The number of nitro benzene ring substituents is 1. The monoisotopic (exact) mass is 508 g/mol. The lowest BCUT2D eigenvalue weighted by molar-refractivity contribution is -0.385. The Labute approximate surface area is 210 Å². The number of carbonyl (C=O) groups is 1. The maximum absolute atomic E-state index is 12.9. The van der Waals surface area contributed by atoms with Gasteiger partial charge >= 0.3 is 0 Å². The molecule has 0 radical (unpaired) electrons. The Kier molecular flexibility index (Phi) is 7.48. The zero-order chi connectivity index (χ0) is 25.9. The molecule has 0 spiro atoms. The van der Waals surface area contributed by atoms with E-state index in [1.807, 2.05) is 19.1 Å². The molecule has 1 heterocycles. The minimum absolute atomic E-state index is 0.0464. The highest BCUT2D eigenvalue weighted by molar-refractivity contribution is 7.89. The molecule has 0 aliphatic carbocycles. The van der Waals surface area contributed by atoms with Crippen molar-refractivity contribution in [1.82, 2.24) is 9.21 Å². The van der Waals surface area contributed by atoms with E-state index in [1.54, 1.807) is 49.4 Å². The Balaban J connectivity index is 1.33. The van der Waals surface area contributed by atoms with Crippen LogP contribution in [0.1, 0.15) is 27.0 Å². The number of aryl methyl sites for hydroxylation is 1. The van der Waals surface area contributed by atoms with Crippen LogP contribution in [0.2, 0.25) is 0 Å². The third-order valence-electron chi connectivity index (χ3n) is 6.36. The molecule has 0 saturated carbocycles. The summed E-state index contributed by atoms with van der Waals surface area (Å²) in [5, 5.41) is 13.9. The molecule has 4 rings (SSSR count). The summed E-state index contributed by atoms with van der Waals surface area (Å²) in [5.41, 5.74) is 3.22. The molecule has 1 aliphatic heterocycles. The van der Waals surface area contributed by atoms with E-state index in [0.717, 1.165) is 11.1 Å². The van der Waals surface area contributed by atoms with Crippen LogP contribution in [-0.2, 0) is 16.6 Å². The molecule has 3 aromatic rings. The van der Waals surface area contributed by atoms with Crippen molar-refractivity contribution in [1.29, 1.82) is 0 Å². The number of nitro groups is 1. The van der Waals surface area contributed by atoms with Gasteiger partial charge in [0.15, 0.2) is 0 Å². The minimum atomic E-state index is -3.50. The minimum Gasteiger partial charge on any atom is -0.321 e. The van der Waals surface area contributed by atoms with Gasteiger partial charge in [-0.3, -0.25) is 19.8 Å². The van der Waals surface area contributed by atoms with Gasteiger partial charge < -0.3 is 5.32 Å². The number of piperazine rings is 1. The van der Waals surface area contributed by atoms with Crippen molar-refractivity contribution in [3.63, 3.8) is 0 Å². The lowest BCUT2D eigenvalue weighted by Gasteiger charge is -2.34. The fourth-order valence-corrected chi connectivity index (χ4v) is 5.58. The van der Waals surface area contributed by atoms with Crippen LogP contribution >= 0.6 is 0 Å². The van der Waals surface area contributed by atoms with Gasteiger partial charge in [0.25, 0.3) is 11.6 Å². The second kappa shape index (κ2) is 10.6. The molecule has 9 nitrogen and oxygen atoms in total. The summed E-state index contributed by atoms with van der Waals surface area (Å²) >= 11 is 0. The third kappa shape index (κ3) is 5.62. The zero-order valence-electron chi connectivity index (χ0n) is 20.2. The number of anilines is 1. The zero-order valence-corrected chi connectivity index (χ0v) is 21.0. The summed E-state index contributed by atoms with van der Waals surface area (Å²) in [6.45, 7) is 6.22. The smallest absolute Gasteiger partial charge is 0.274 e. The summed E-state index contributed by atoms with van der Waals surface area (Å²) < 4.78 is 27.3. The molecule has 0 aromatic heterocycles. The van der Waals surface area contributed by atoms with E-state index in [-0.39, 0.29) is 11.6 Å². The molecule has 1 saturated heterocycles. The summed E-state index contributed by atoms with van der Waals surface area (Å²) in [5.74, 6) is -0.347. The molecule has 10 heteroatoms. The molecule has 0 bridgehead atoms. The second-order valence-corrected chi connectivity index (χ2v) is 10.8. The summed E-state index contributed by atoms with van der Waals surface area (Å²) in [6.07, 6.45) is 0. The Morgan fingerprint density at radius 2 is 1.58 bits per heavy atom. The molecular weight excluding hydrogens is 480 g/mol. The lowest BCUT2D eigenvalue weighted by atomic mass is 10.1.